The average molecular weight is 479 g/mol. The van der Waals surface area contributed by atoms with Crippen molar-refractivity contribution in [3.8, 4) is 10.6 Å². The summed E-state index contributed by atoms with van der Waals surface area (Å²) in [7, 11) is 3.33. The van der Waals surface area contributed by atoms with Crippen molar-refractivity contribution in [2.24, 2.45) is 12.8 Å². The van der Waals surface area contributed by atoms with E-state index in [4.69, 9.17) is 20.9 Å². The van der Waals surface area contributed by atoms with E-state index >= 15 is 0 Å². The molecule has 1 aliphatic rings. The van der Waals surface area contributed by atoms with E-state index in [9.17, 15) is 13.6 Å². The van der Waals surface area contributed by atoms with Gasteiger partial charge in [0.05, 0.1) is 35.9 Å². The SMILES string of the molecule is COC1COC(c2c(NC(=O)c3nc(-c4c(F)cccc4F)sc3N)cnn2C)CCC1N. The van der Waals surface area contributed by atoms with Gasteiger partial charge in [0, 0.05) is 20.2 Å². The standard InChI is InChI=1S/C21H24F2N6O3S/c1-29-18(14-7-6-12(24)15(31-2)9-32-14)13(8-26-29)27-20(30)17-19(25)33-21(28-17)16-10(22)4-3-5-11(16)23/h3-5,8,12,14-15H,6-7,9,24-25H2,1-2H3,(H,27,30). The van der Waals surface area contributed by atoms with Crippen molar-refractivity contribution in [1.82, 2.24) is 14.8 Å². The summed E-state index contributed by atoms with van der Waals surface area (Å²) < 4.78 is 41.3. The molecule has 9 nitrogen and oxygen atoms in total. The number of benzene rings is 1. The maximum atomic E-state index is 14.1. The predicted molar refractivity (Wildman–Crippen MR) is 120 cm³/mol. The molecule has 2 aromatic heterocycles. The molecule has 0 aliphatic carbocycles. The van der Waals surface area contributed by atoms with Gasteiger partial charge in [-0.25, -0.2) is 13.8 Å². The van der Waals surface area contributed by atoms with Gasteiger partial charge < -0.3 is 26.3 Å². The van der Waals surface area contributed by atoms with Crippen LogP contribution in [0.15, 0.2) is 24.4 Å². The first-order chi connectivity index (χ1) is 15.8. The van der Waals surface area contributed by atoms with Gasteiger partial charge in [0.2, 0.25) is 0 Å². The smallest absolute Gasteiger partial charge is 0.277 e. The van der Waals surface area contributed by atoms with Crippen molar-refractivity contribution in [3.63, 3.8) is 0 Å². The summed E-state index contributed by atoms with van der Waals surface area (Å²) in [6, 6.07) is 3.31. The van der Waals surface area contributed by atoms with Crippen molar-refractivity contribution >= 4 is 27.9 Å². The number of anilines is 2. The van der Waals surface area contributed by atoms with Crippen LogP contribution in [0.2, 0.25) is 0 Å². The maximum Gasteiger partial charge on any atom is 0.277 e. The summed E-state index contributed by atoms with van der Waals surface area (Å²) >= 11 is 0.830. The number of hydrogen-bond donors (Lipinski definition) is 3. The number of aromatic nitrogens is 3. The normalized spacial score (nSPS) is 21.1. The van der Waals surface area contributed by atoms with E-state index in [-0.39, 0.29) is 39.5 Å². The first-order valence-electron chi connectivity index (χ1n) is 10.2. The molecule has 3 atom stereocenters. The lowest BCUT2D eigenvalue weighted by Gasteiger charge is -2.19. The Bertz CT molecular complexity index is 1150. The third-order valence-electron chi connectivity index (χ3n) is 5.59. The fourth-order valence-corrected chi connectivity index (χ4v) is 4.69. The maximum absolute atomic E-state index is 14.1. The minimum Gasteiger partial charge on any atom is -0.389 e. The summed E-state index contributed by atoms with van der Waals surface area (Å²) in [5.41, 5.74) is 12.7. The number of halogens is 2. The number of nitrogens with two attached hydrogens (primary N) is 2. The van der Waals surface area contributed by atoms with Gasteiger partial charge in [-0.3, -0.25) is 9.48 Å². The number of aryl methyl sites for hydroxylation is 1. The quantitative estimate of drug-likeness (QED) is 0.514. The molecule has 0 saturated carbocycles. The average Bonchev–Trinajstić information content (AvgIpc) is 3.26. The van der Waals surface area contributed by atoms with Crippen molar-refractivity contribution < 1.29 is 23.0 Å². The number of carbonyl (C=O) groups excluding carboxylic acids is 1. The van der Waals surface area contributed by atoms with E-state index in [0.717, 1.165) is 23.5 Å². The number of rotatable bonds is 5. The van der Waals surface area contributed by atoms with E-state index in [0.29, 0.717) is 30.8 Å². The molecule has 1 fully saturated rings. The third kappa shape index (κ3) is 4.60. The van der Waals surface area contributed by atoms with Crippen LogP contribution in [0.5, 0.6) is 0 Å². The lowest BCUT2D eigenvalue weighted by Crippen LogP contribution is -2.37. The molecular formula is C21H24F2N6O3S. The van der Waals surface area contributed by atoms with Gasteiger partial charge >= 0.3 is 0 Å². The molecule has 1 saturated heterocycles. The van der Waals surface area contributed by atoms with Gasteiger partial charge in [-0.1, -0.05) is 17.4 Å². The number of amides is 1. The topological polar surface area (TPSA) is 130 Å². The fourth-order valence-electron chi connectivity index (χ4n) is 3.82. The van der Waals surface area contributed by atoms with Gasteiger partial charge in [-0.2, -0.15) is 5.10 Å². The molecule has 3 unspecified atom stereocenters. The second-order valence-corrected chi connectivity index (χ2v) is 8.72. The zero-order chi connectivity index (χ0) is 23.7. The van der Waals surface area contributed by atoms with E-state index in [2.05, 4.69) is 15.4 Å². The Morgan fingerprint density at radius 3 is 2.76 bits per heavy atom. The molecule has 33 heavy (non-hydrogen) atoms. The van der Waals surface area contributed by atoms with Gasteiger partial charge in [-0.15, -0.1) is 0 Å². The molecule has 1 aliphatic heterocycles. The third-order valence-corrected chi connectivity index (χ3v) is 6.49. The summed E-state index contributed by atoms with van der Waals surface area (Å²) in [6.07, 6.45) is 2.18. The number of ether oxygens (including phenoxy) is 2. The molecule has 12 heteroatoms. The van der Waals surface area contributed by atoms with Crippen LogP contribution in [-0.4, -0.2) is 46.5 Å². The minimum absolute atomic E-state index is 0.0219. The number of nitrogens with zero attached hydrogens (tertiary/aromatic N) is 3. The number of carbonyl (C=O) groups is 1. The highest BCUT2D eigenvalue weighted by Crippen LogP contribution is 2.35. The first-order valence-corrected chi connectivity index (χ1v) is 11.1. The highest BCUT2D eigenvalue weighted by molar-refractivity contribution is 7.19. The zero-order valence-electron chi connectivity index (χ0n) is 18.0. The molecule has 176 valence electrons. The van der Waals surface area contributed by atoms with Gasteiger partial charge in [-0.05, 0) is 25.0 Å². The van der Waals surface area contributed by atoms with Crippen molar-refractivity contribution in [2.75, 3.05) is 24.8 Å². The zero-order valence-corrected chi connectivity index (χ0v) is 18.9. The first kappa shape index (κ1) is 23.2. The summed E-state index contributed by atoms with van der Waals surface area (Å²) in [5, 5.41) is 7.00. The lowest BCUT2D eigenvalue weighted by atomic mass is 10.0. The van der Waals surface area contributed by atoms with Crippen LogP contribution in [0.25, 0.3) is 10.6 Å². The molecule has 4 rings (SSSR count). The van der Waals surface area contributed by atoms with Crippen molar-refractivity contribution in [1.29, 1.82) is 0 Å². The monoisotopic (exact) mass is 478 g/mol. The van der Waals surface area contributed by atoms with Crippen LogP contribution < -0.4 is 16.8 Å². The predicted octanol–water partition coefficient (Wildman–Crippen LogP) is 2.85. The Morgan fingerprint density at radius 2 is 2.06 bits per heavy atom. The minimum atomic E-state index is -0.789. The summed E-state index contributed by atoms with van der Waals surface area (Å²) in [4.78, 5) is 17.1. The van der Waals surface area contributed by atoms with Crippen LogP contribution in [0.4, 0.5) is 19.5 Å². The van der Waals surface area contributed by atoms with Crippen LogP contribution in [0.3, 0.4) is 0 Å². The molecule has 0 spiro atoms. The largest absolute Gasteiger partial charge is 0.389 e. The van der Waals surface area contributed by atoms with Crippen LogP contribution in [0, 0.1) is 11.6 Å². The van der Waals surface area contributed by atoms with E-state index < -0.39 is 17.5 Å². The molecule has 3 aromatic rings. The Labute approximate surface area is 192 Å². The Morgan fingerprint density at radius 1 is 1.33 bits per heavy atom. The fraction of sp³-hybridized carbons (Fsp3) is 0.381. The van der Waals surface area contributed by atoms with Crippen LogP contribution >= 0.6 is 11.3 Å². The molecule has 0 radical (unpaired) electrons. The Balaban J connectivity index is 1.58. The van der Waals surface area contributed by atoms with Gasteiger partial charge in [0.15, 0.2) is 5.69 Å². The molecule has 1 aromatic carbocycles. The highest BCUT2D eigenvalue weighted by atomic mass is 32.1. The number of thiazole rings is 1. The van der Waals surface area contributed by atoms with Crippen molar-refractivity contribution in [3.05, 3.63) is 47.4 Å². The molecule has 3 heterocycles. The Kier molecular flexibility index (Phi) is 6.70. The Hall–Kier alpha value is -2.93. The van der Waals surface area contributed by atoms with E-state index in [1.807, 2.05) is 0 Å². The lowest BCUT2D eigenvalue weighted by molar-refractivity contribution is -0.0211. The second kappa shape index (κ2) is 9.51. The van der Waals surface area contributed by atoms with Crippen molar-refractivity contribution in [2.45, 2.75) is 31.1 Å². The van der Waals surface area contributed by atoms with Crippen LogP contribution in [0.1, 0.15) is 35.1 Å². The molecule has 5 N–H and O–H groups in total. The number of nitrogen functional groups attached to an aromatic ring is 1. The van der Waals surface area contributed by atoms with Gasteiger partial charge in [0.1, 0.15) is 27.7 Å². The summed E-state index contributed by atoms with van der Waals surface area (Å²) in [5.74, 6) is -2.20. The van der Waals surface area contributed by atoms with Gasteiger partial charge in [0.25, 0.3) is 5.91 Å². The summed E-state index contributed by atoms with van der Waals surface area (Å²) in [6.45, 7) is 0.303. The molecule has 0 bridgehead atoms. The number of methoxy groups -OCH3 is 1. The highest BCUT2D eigenvalue weighted by Gasteiger charge is 2.30. The second-order valence-electron chi connectivity index (χ2n) is 7.69. The number of hydrogen-bond acceptors (Lipinski definition) is 8. The van der Waals surface area contributed by atoms with E-state index in [1.54, 1.807) is 18.8 Å². The van der Waals surface area contributed by atoms with Crippen LogP contribution in [-0.2, 0) is 16.5 Å². The molecule has 1 amide bonds. The number of nitrogens with one attached hydrogen (secondary N) is 1. The molecular weight excluding hydrogens is 454 g/mol. The van der Waals surface area contributed by atoms with E-state index in [1.165, 1.54) is 12.3 Å².